The van der Waals surface area contributed by atoms with Gasteiger partial charge < -0.3 is 9.73 Å². The van der Waals surface area contributed by atoms with E-state index in [-0.39, 0.29) is 17.9 Å². The van der Waals surface area contributed by atoms with Gasteiger partial charge >= 0.3 is 0 Å². The van der Waals surface area contributed by atoms with Gasteiger partial charge in [-0.25, -0.2) is 4.39 Å². The zero-order valence-corrected chi connectivity index (χ0v) is 9.98. The summed E-state index contributed by atoms with van der Waals surface area (Å²) in [6.45, 7) is 4.13. The summed E-state index contributed by atoms with van der Waals surface area (Å²) in [7, 11) is 0. The van der Waals surface area contributed by atoms with Crippen LogP contribution in [0.15, 0.2) is 47.3 Å². The second-order valence-corrected chi connectivity index (χ2v) is 4.22. The molecule has 0 amide bonds. The predicted octanol–water partition coefficient (Wildman–Crippen LogP) is 3.83. The molecule has 0 radical (unpaired) electrons. The molecule has 2 rings (SSSR count). The van der Waals surface area contributed by atoms with Crippen LogP contribution in [0.2, 0.25) is 0 Å². The van der Waals surface area contributed by atoms with Gasteiger partial charge in [0.05, 0.1) is 12.5 Å². The van der Waals surface area contributed by atoms with E-state index in [9.17, 15) is 4.39 Å². The molecule has 1 aromatic carbocycles. The fourth-order valence-electron chi connectivity index (χ4n) is 1.84. The molecule has 1 aromatic heterocycles. The minimum atomic E-state index is -0.205. The molecule has 0 aliphatic carbocycles. The summed E-state index contributed by atoms with van der Waals surface area (Å²) in [4.78, 5) is 0. The van der Waals surface area contributed by atoms with Gasteiger partial charge in [0.25, 0.3) is 0 Å². The van der Waals surface area contributed by atoms with Crippen molar-refractivity contribution >= 4 is 0 Å². The molecule has 0 aliphatic rings. The van der Waals surface area contributed by atoms with Gasteiger partial charge in [-0.3, -0.25) is 0 Å². The maximum Gasteiger partial charge on any atom is 0.123 e. The van der Waals surface area contributed by atoms with Crippen molar-refractivity contribution in [2.45, 2.75) is 25.9 Å². The van der Waals surface area contributed by atoms with Crippen LogP contribution in [-0.2, 0) is 0 Å². The number of nitrogens with one attached hydrogen (secondary N) is 1. The van der Waals surface area contributed by atoms with E-state index in [4.69, 9.17) is 4.42 Å². The van der Waals surface area contributed by atoms with Gasteiger partial charge in [0.15, 0.2) is 0 Å². The molecule has 0 aliphatic heterocycles. The molecule has 1 heterocycles. The molecule has 3 heteroatoms. The summed E-state index contributed by atoms with van der Waals surface area (Å²) in [5, 5.41) is 3.44. The minimum absolute atomic E-state index is 0.167. The summed E-state index contributed by atoms with van der Waals surface area (Å²) in [5.74, 6) is -0.205. The first-order valence-corrected chi connectivity index (χ1v) is 5.70. The van der Waals surface area contributed by atoms with Crippen LogP contribution in [0.3, 0.4) is 0 Å². The summed E-state index contributed by atoms with van der Waals surface area (Å²) in [5.41, 5.74) is 2.18. The fourth-order valence-corrected chi connectivity index (χ4v) is 1.84. The summed E-state index contributed by atoms with van der Waals surface area (Å²) < 4.78 is 17.9. The Labute approximate surface area is 100 Å². The monoisotopic (exact) mass is 233 g/mol. The average molecular weight is 233 g/mol. The topological polar surface area (TPSA) is 25.2 Å². The largest absolute Gasteiger partial charge is 0.472 e. The Kier molecular flexibility index (Phi) is 3.59. The highest BCUT2D eigenvalue weighted by Crippen LogP contribution is 2.19. The Bertz CT molecular complexity index is 450. The molecule has 0 saturated heterocycles. The summed E-state index contributed by atoms with van der Waals surface area (Å²) >= 11 is 0. The van der Waals surface area contributed by atoms with E-state index in [0.29, 0.717) is 0 Å². The Hall–Kier alpha value is -1.61. The van der Waals surface area contributed by atoms with E-state index in [0.717, 1.165) is 11.1 Å². The van der Waals surface area contributed by atoms with E-state index in [2.05, 4.69) is 19.2 Å². The first-order chi connectivity index (χ1) is 8.16. The van der Waals surface area contributed by atoms with E-state index in [1.54, 1.807) is 24.7 Å². The van der Waals surface area contributed by atoms with Crippen LogP contribution in [0.5, 0.6) is 0 Å². The molecule has 2 nitrogen and oxygen atoms in total. The van der Waals surface area contributed by atoms with Crippen LogP contribution in [0, 0.1) is 5.82 Å². The molecule has 2 unspecified atom stereocenters. The number of benzene rings is 1. The second-order valence-electron chi connectivity index (χ2n) is 4.22. The SMILES string of the molecule is CC(NC(C)c1ccoc1)c1ccc(F)cc1. The zero-order chi connectivity index (χ0) is 12.3. The third-order valence-corrected chi connectivity index (χ3v) is 2.91. The first kappa shape index (κ1) is 11.9. The van der Waals surface area contributed by atoms with Gasteiger partial charge in [0, 0.05) is 17.6 Å². The van der Waals surface area contributed by atoms with Crippen molar-refractivity contribution in [2.24, 2.45) is 0 Å². The van der Waals surface area contributed by atoms with E-state index in [1.807, 2.05) is 6.07 Å². The highest BCUT2D eigenvalue weighted by atomic mass is 19.1. The van der Waals surface area contributed by atoms with Crippen molar-refractivity contribution in [1.29, 1.82) is 0 Å². The standard InChI is InChI=1S/C14H16FNO/c1-10(12-3-5-14(15)6-4-12)16-11(2)13-7-8-17-9-13/h3-11,16H,1-2H3. The smallest absolute Gasteiger partial charge is 0.123 e. The quantitative estimate of drug-likeness (QED) is 0.868. The van der Waals surface area contributed by atoms with Crippen LogP contribution in [0.4, 0.5) is 4.39 Å². The first-order valence-electron chi connectivity index (χ1n) is 5.70. The van der Waals surface area contributed by atoms with Gasteiger partial charge in [0.1, 0.15) is 5.82 Å². The molecule has 17 heavy (non-hydrogen) atoms. The number of hydrogen-bond acceptors (Lipinski definition) is 2. The van der Waals surface area contributed by atoms with Crippen molar-refractivity contribution in [2.75, 3.05) is 0 Å². The van der Waals surface area contributed by atoms with E-state index < -0.39 is 0 Å². The van der Waals surface area contributed by atoms with Gasteiger partial charge in [0.2, 0.25) is 0 Å². The molecule has 90 valence electrons. The Morgan fingerprint density at radius 2 is 1.65 bits per heavy atom. The average Bonchev–Trinajstić information content (AvgIpc) is 2.83. The lowest BCUT2D eigenvalue weighted by molar-refractivity contribution is 0.485. The van der Waals surface area contributed by atoms with Crippen molar-refractivity contribution in [3.63, 3.8) is 0 Å². The molecule has 2 atom stereocenters. The normalized spacial score (nSPS) is 14.5. The minimum Gasteiger partial charge on any atom is -0.472 e. The van der Waals surface area contributed by atoms with Gasteiger partial charge in [-0.15, -0.1) is 0 Å². The molecular weight excluding hydrogens is 217 g/mol. The van der Waals surface area contributed by atoms with Crippen molar-refractivity contribution in [3.05, 3.63) is 59.8 Å². The van der Waals surface area contributed by atoms with Gasteiger partial charge in [-0.05, 0) is 37.6 Å². The third-order valence-electron chi connectivity index (χ3n) is 2.91. The Morgan fingerprint density at radius 1 is 1.00 bits per heavy atom. The van der Waals surface area contributed by atoms with Crippen LogP contribution in [-0.4, -0.2) is 0 Å². The van der Waals surface area contributed by atoms with E-state index >= 15 is 0 Å². The lowest BCUT2D eigenvalue weighted by Gasteiger charge is -2.19. The number of rotatable bonds is 4. The van der Waals surface area contributed by atoms with Crippen molar-refractivity contribution in [1.82, 2.24) is 5.32 Å². The Balaban J connectivity index is 2.01. The van der Waals surface area contributed by atoms with Gasteiger partial charge in [-0.1, -0.05) is 12.1 Å². The van der Waals surface area contributed by atoms with Crippen molar-refractivity contribution in [3.8, 4) is 0 Å². The Morgan fingerprint density at radius 3 is 2.24 bits per heavy atom. The van der Waals surface area contributed by atoms with E-state index in [1.165, 1.54) is 12.1 Å². The van der Waals surface area contributed by atoms with Crippen LogP contribution in [0.25, 0.3) is 0 Å². The lowest BCUT2D eigenvalue weighted by atomic mass is 10.1. The third kappa shape index (κ3) is 2.94. The van der Waals surface area contributed by atoms with Crippen LogP contribution < -0.4 is 5.32 Å². The molecule has 0 spiro atoms. The van der Waals surface area contributed by atoms with Crippen LogP contribution in [0.1, 0.15) is 37.1 Å². The number of halogens is 1. The summed E-state index contributed by atoms with van der Waals surface area (Å²) in [6, 6.07) is 8.87. The molecule has 0 saturated carbocycles. The second kappa shape index (κ2) is 5.15. The maximum atomic E-state index is 12.8. The lowest BCUT2D eigenvalue weighted by Crippen LogP contribution is -2.22. The molecule has 0 fully saturated rings. The number of furan rings is 1. The van der Waals surface area contributed by atoms with Crippen LogP contribution >= 0.6 is 0 Å². The highest BCUT2D eigenvalue weighted by Gasteiger charge is 2.11. The number of hydrogen-bond donors (Lipinski definition) is 1. The molecule has 2 aromatic rings. The van der Waals surface area contributed by atoms with Crippen molar-refractivity contribution < 1.29 is 8.81 Å². The molecular formula is C14H16FNO. The predicted molar refractivity (Wildman–Crippen MR) is 65.1 cm³/mol. The molecule has 0 bridgehead atoms. The fraction of sp³-hybridized carbons (Fsp3) is 0.286. The summed E-state index contributed by atoms with van der Waals surface area (Å²) in [6.07, 6.45) is 3.39. The zero-order valence-electron chi connectivity index (χ0n) is 9.98. The molecule has 1 N–H and O–H groups in total. The van der Waals surface area contributed by atoms with Gasteiger partial charge in [-0.2, -0.15) is 0 Å². The highest BCUT2D eigenvalue weighted by molar-refractivity contribution is 5.20. The maximum absolute atomic E-state index is 12.8.